The van der Waals surface area contributed by atoms with Crippen LogP contribution in [0.1, 0.15) is 72.7 Å². The summed E-state index contributed by atoms with van der Waals surface area (Å²) >= 11 is 0. The van der Waals surface area contributed by atoms with Crippen molar-refractivity contribution in [3.8, 4) is 0 Å². The molecule has 9 nitrogen and oxygen atoms in total. The van der Waals surface area contributed by atoms with Crippen LogP contribution in [0.3, 0.4) is 0 Å². The van der Waals surface area contributed by atoms with Crippen molar-refractivity contribution in [1.29, 1.82) is 0 Å². The van der Waals surface area contributed by atoms with E-state index in [9.17, 15) is 14.4 Å². The van der Waals surface area contributed by atoms with Gasteiger partial charge in [0.05, 0.1) is 12.8 Å². The molecule has 2 aromatic heterocycles. The van der Waals surface area contributed by atoms with E-state index in [0.717, 1.165) is 37.9 Å². The first-order chi connectivity index (χ1) is 15.4. The zero-order chi connectivity index (χ0) is 22.7. The molecule has 1 fully saturated rings. The van der Waals surface area contributed by atoms with Gasteiger partial charge in [-0.3, -0.25) is 19.1 Å². The third kappa shape index (κ3) is 4.28. The van der Waals surface area contributed by atoms with Crippen LogP contribution in [0.2, 0.25) is 0 Å². The lowest BCUT2D eigenvalue weighted by atomic mass is 9.94. The highest BCUT2D eigenvalue weighted by atomic mass is 16.3. The van der Waals surface area contributed by atoms with E-state index >= 15 is 0 Å². The van der Waals surface area contributed by atoms with Crippen LogP contribution in [0.4, 0.5) is 0 Å². The van der Waals surface area contributed by atoms with E-state index in [0.29, 0.717) is 25.2 Å². The molecule has 1 aliphatic carbocycles. The third-order valence-corrected chi connectivity index (χ3v) is 6.39. The largest absolute Gasteiger partial charge is 0.469 e. The van der Waals surface area contributed by atoms with Gasteiger partial charge >= 0.3 is 0 Å². The van der Waals surface area contributed by atoms with Crippen molar-refractivity contribution in [3.63, 3.8) is 0 Å². The topological polar surface area (TPSA) is 109 Å². The Labute approximate surface area is 187 Å². The average molecular weight is 442 g/mol. The Balaban J connectivity index is 1.50. The number of carbonyl (C=O) groups is 3. The summed E-state index contributed by atoms with van der Waals surface area (Å²) in [6, 6.07) is 5.32. The number of nitrogens with one attached hydrogen (secondary N) is 2. The number of hydrogen-bond donors (Lipinski definition) is 2. The first kappa shape index (κ1) is 22.1. The molecule has 1 atom stereocenters. The van der Waals surface area contributed by atoms with Crippen LogP contribution in [0.15, 0.2) is 28.9 Å². The summed E-state index contributed by atoms with van der Waals surface area (Å²) in [5.41, 5.74) is -0.549. The van der Waals surface area contributed by atoms with Crippen molar-refractivity contribution in [2.75, 3.05) is 13.1 Å². The molecule has 2 aromatic rings. The predicted octanol–water partition coefficient (Wildman–Crippen LogP) is 2.13. The summed E-state index contributed by atoms with van der Waals surface area (Å²) in [4.78, 5) is 40.8. The van der Waals surface area contributed by atoms with Crippen molar-refractivity contribution in [1.82, 2.24) is 25.3 Å². The fourth-order valence-corrected chi connectivity index (χ4v) is 4.58. The van der Waals surface area contributed by atoms with Gasteiger partial charge < -0.3 is 20.0 Å². The van der Waals surface area contributed by atoms with Crippen LogP contribution in [0, 0.1) is 0 Å². The van der Waals surface area contributed by atoms with E-state index in [2.05, 4.69) is 15.7 Å². The molecule has 32 heavy (non-hydrogen) atoms. The number of carbonyl (C=O) groups excluding carboxylic acids is 3. The SMILES string of the molecule is CCCN1C(=O)c2cc(C(=O)NCCc3ccco3)nn2C[C@]1(C)C(=O)NC1CCCC1. The Hall–Kier alpha value is -3.10. The van der Waals surface area contributed by atoms with Crippen LogP contribution >= 0.6 is 0 Å². The van der Waals surface area contributed by atoms with E-state index in [-0.39, 0.29) is 36.0 Å². The summed E-state index contributed by atoms with van der Waals surface area (Å²) in [7, 11) is 0. The summed E-state index contributed by atoms with van der Waals surface area (Å²) in [5.74, 6) is -0.00428. The molecule has 0 bridgehead atoms. The Morgan fingerprint density at radius 1 is 1.31 bits per heavy atom. The van der Waals surface area contributed by atoms with Crippen molar-refractivity contribution in [3.05, 3.63) is 41.6 Å². The Morgan fingerprint density at radius 3 is 2.78 bits per heavy atom. The first-order valence-corrected chi connectivity index (χ1v) is 11.4. The van der Waals surface area contributed by atoms with Gasteiger partial charge in [-0.2, -0.15) is 5.10 Å². The van der Waals surface area contributed by atoms with Crippen LogP contribution in [-0.2, 0) is 17.8 Å². The van der Waals surface area contributed by atoms with E-state index < -0.39 is 5.54 Å². The number of nitrogens with zero attached hydrogens (tertiary/aromatic N) is 3. The highest BCUT2D eigenvalue weighted by Crippen LogP contribution is 2.29. The molecule has 0 unspecified atom stereocenters. The van der Waals surface area contributed by atoms with Gasteiger partial charge in [-0.25, -0.2) is 0 Å². The Kier molecular flexibility index (Phi) is 6.34. The number of fused-ring (bicyclic) bond motifs is 1. The standard InChI is InChI=1S/C23H31N5O4/c1-3-12-27-21(30)19-14-18(20(29)24-11-10-17-9-6-13-32-17)26-28(19)15-23(27,2)22(31)25-16-7-4-5-8-16/h6,9,13-14,16H,3-5,7-8,10-12,15H2,1-2H3,(H,24,29)(H,25,31)/t23-/m1/s1. The normalized spacial score (nSPS) is 20.9. The molecule has 1 aliphatic heterocycles. The monoisotopic (exact) mass is 441 g/mol. The summed E-state index contributed by atoms with van der Waals surface area (Å²) in [6.45, 7) is 4.84. The molecule has 0 spiro atoms. The van der Waals surface area contributed by atoms with Gasteiger partial charge in [0, 0.05) is 31.6 Å². The average Bonchev–Trinajstić information content (AvgIpc) is 3.53. The lowest BCUT2D eigenvalue weighted by Gasteiger charge is -2.43. The van der Waals surface area contributed by atoms with E-state index in [1.54, 1.807) is 24.2 Å². The van der Waals surface area contributed by atoms with Gasteiger partial charge in [0.15, 0.2) is 5.69 Å². The number of amides is 3. The quantitative estimate of drug-likeness (QED) is 0.652. The zero-order valence-electron chi connectivity index (χ0n) is 18.7. The molecule has 0 radical (unpaired) electrons. The minimum atomic E-state index is -1.05. The predicted molar refractivity (Wildman–Crippen MR) is 117 cm³/mol. The number of aromatic nitrogens is 2. The first-order valence-electron chi connectivity index (χ1n) is 11.4. The zero-order valence-corrected chi connectivity index (χ0v) is 18.7. The molecule has 2 aliphatic rings. The second kappa shape index (κ2) is 9.18. The highest BCUT2D eigenvalue weighted by Gasteiger charge is 2.48. The van der Waals surface area contributed by atoms with Crippen molar-refractivity contribution < 1.29 is 18.8 Å². The highest BCUT2D eigenvalue weighted by molar-refractivity contribution is 6.01. The van der Waals surface area contributed by atoms with E-state index in [1.165, 1.54) is 10.7 Å². The fraction of sp³-hybridized carbons (Fsp3) is 0.565. The summed E-state index contributed by atoms with van der Waals surface area (Å²) < 4.78 is 6.77. The molecule has 0 aromatic carbocycles. The van der Waals surface area contributed by atoms with Gasteiger partial charge in [-0.15, -0.1) is 0 Å². The number of hydrogen-bond acceptors (Lipinski definition) is 5. The summed E-state index contributed by atoms with van der Waals surface area (Å²) in [5, 5.41) is 10.3. The van der Waals surface area contributed by atoms with Crippen molar-refractivity contribution >= 4 is 17.7 Å². The Bertz CT molecular complexity index is 977. The molecular weight excluding hydrogens is 410 g/mol. The van der Waals surface area contributed by atoms with Crippen LogP contribution in [0.25, 0.3) is 0 Å². The number of rotatable bonds is 8. The van der Waals surface area contributed by atoms with Gasteiger partial charge in [0.1, 0.15) is 17.0 Å². The summed E-state index contributed by atoms with van der Waals surface area (Å²) in [6.07, 6.45) is 7.05. The maximum atomic E-state index is 13.3. The lowest BCUT2D eigenvalue weighted by Crippen LogP contribution is -2.65. The van der Waals surface area contributed by atoms with Gasteiger partial charge in [-0.1, -0.05) is 19.8 Å². The van der Waals surface area contributed by atoms with Crippen molar-refractivity contribution in [2.45, 2.75) is 70.5 Å². The van der Waals surface area contributed by atoms with Crippen molar-refractivity contribution in [2.24, 2.45) is 0 Å². The maximum Gasteiger partial charge on any atom is 0.273 e. The van der Waals surface area contributed by atoms with Gasteiger partial charge in [0.25, 0.3) is 11.8 Å². The van der Waals surface area contributed by atoms with E-state index in [1.807, 2.05) is 13.0 Å². The van der Waals surface area contributed by atoms with E-state index in [4.69, 9.17) is 4.42 Å². The molecule has 3 heterocycles. The maximum absolute atomic E-state index is 13.3. The molecule has 0 saturated heterocycles. The van der Waals surface area contributed by atoms with Crippen LogP contribution < -0.4 is 10.6 Å². The molecule has 172 valence electrons. The number of furan rings is 1. The lowest BCUT2D eigenvalue weighted by molar-refractivity contribution is -0.133. The van der Waals surface area contributed by atoms with Crippen LogP contribution in [0.5, 0.6) is 0 Å². The fourth-order valence-electron chi connectivity index (χ4n) is 4.58. The molecule has 3 amide bonds. The second-order valence-corrected chi connectivity index (χ2v) is 8.84. The molecule has 2 N–H and O–H groups in total. The molecule has 4 rings (SSSR count). The molecule has 9 heteroatoms. The minimum Gasteiger partial charge on any atom is -0.469 e. The second-order valence-electron chi connectivity index (χ2n) is 8.84. The molecule has 1 saturated carbocycles. The van der Waals surface area contributed by atoms with Gasteiger partial charge in [-0.05, 0) is 38.3 Å². The van der Waals surface area contributed by atoms with Crippen LogP contribution in [-0.4, -0.2) is 57.1 Å². The third-order valence-electron chi connectivity index (χ3n) is 6.39. The molecular formula is C23H31N5O4. The minimum absolute atomic E-state index is 0.156. The smallest absolute Gasteiger partial charge is 0.273 e. The Morgan fingerprint density at radius 2 is 2.09 bits per heavy atom. The van der Waals surface area contributed by atoms with Gasteiger partial charge in [0.2, 0.25) is 5.91 Å².